The Morgan fingerprint density at radius 3 is 2.58 bits per heavy atom. The predicted molar refractivity (Wildman–Crippen MR) is 95.2 cm³/mol. The molecule has 6 nitrogen and oxygen atoms in total. The van der Waals surface area contributed by atoms with Gasteiger partial charge in [0.15, 0.2) is 0 Å². The van der Waals surface area contributed by atoms with Crippen molar-refractivity contribution in [1.29, 1.82) is 0 Å². The van der Waals surface area contributed by atoms with Gasteiger partial charge in [-0.05, 0) is 48.2 Å². The number of carbonyl (C=O) groups excluding carboxylic acids is 2. The summed E-state index contributed by atoms with van der Waals surface area (Å²) in [5.41, 5.74) is 1.13. The number of hydrogen-bond acceptors (Lipinski definition) is 4. The quantitative estimate of drug-likeness (QED) is 0.840. The number of fused-ring (bicyclic) bond motifs is 2. The molecule has 2 aliphatic rings. The van der Waals surface area contributed by atoms with E-state index in [-0.39, 0.29) is 25.1 Å². The van der Waals surface area contributed by atoms with Crippen LogP contribution in [-0.2, 0) is 16.8 Å². The Morgan fingerprint density at radius 2 is 1.81 bits per heavy atom. The van der Waals surface area contributed by atoms with E-state index in [0.717, 1.165) is 23.3 Å². The largest absolute Gasteiger partial charge is 0.497 e. The molecule has 134 valence electrons. The lowest BCUT2D eigenvalue weighted by Crippen LogP contribution is -2.42. The van der Waals surface area contributed by atoms with Gasteiger partial charge in [0.25, 0.3) is 5.91 Å². The summed E-state index contributed by atoms with van der Waals surface area (Å²) in [6.07, 6.45) is 1.39. The third kappa shape index (κ3) is 2.58. The van der Waals surface area contributed by atoms with Crippen molar-refractivity contribution in [2.45, 2.75) is 18.4 Å². The minimum atomic E-state index is -0.909. The molecule has 1 N–H and O–H groups in total. The average molecular weight is 352 g/mol. The maximum atomic E-state index is 13.0. The Kier molecular flexibility index (Phi) is 4.03. The molecule has 2 aromatic carbocycles. The third-order valence-corrected chi connectivity index (χ3v) is 5.07. The zero-order chi connectivity index (χ0) is 18.1. The van der Waals surface area contributed by atoms with Crippen LogP contribution in [0.3, 0.4) is 0 Å². The van der Waals surface area contributed by atoms with Gasteiger partial charge < -0.3 is 14.8 Å². The number of carbonyl (C=O) groups is 2. The van der Waals surface area contributed by atoms with E-state index in [4.69, 9.17) is 9.47 Å². The normalized spacial score (nSPS) is 21.0. The van der Waals surface area contributed by atoms with Gasteiger partial charge in [0.05, 0.1) is 13.7 Å². The molecule has 1 spiro atoms. The second-order valence-electron chi connectivity index (χ2n) is 6.47. The van der Waals surface area contributed by atoms with Crippen molar-refractivity contribution in [2.75, 3.05) is 20.3 Å². The highest BCUT2D eigenvalue weighted by atomic mass is 16.5. The highest BCUT2D eigenvalue weighted by molar-refractivity contribution is 6.08. The van der Waals surface area contributed by atoms with Crippen LogP contribution in [0.1, 0.15) is 17.5 Å². The van der Waals surface area contributed by atoms with Crippen LogP contribution in [-0.4, -0.2) is 37.1 Å². The lowest BCUT2D eigenvalue weighted by atomic mass is 9.92. The van der Waals surface area contributed by atoms with Gasteiger partial charge in [0, 0.05) is 0 Å². The highest BCUT2D eigenvalue weighted by Gasteiger charge is 2.54. The topological polar surface area (TPSA) is 67.9 Å². The summed E-state index contributed by atoms with van der Waals surface area (Å²) in [6.45, 7) is 0.448. The standard InChI is InChI=1S/C20H20N2O4/c1-25-15-6-8-16(9-7-15)26-13-12-22-18(23)20(21-19(22)24)11-10-14-4-2-3-5-17(14)20/h2-9H,10-13H2,1H3,(H,21,24). The van der Waals surface area contributed by atoms with E-state index >= 15 is 0 Å². The van der Waals surface area contributed by atoms with Gasteiger partial charge in [0.2, 0.25) is 0 Å². The van der Waals surface area contributed by atoms with Gasteiger partial charge in [-0.2, -0.15) is 0 Å². The number of imide groups is 1. The summed E-state index contributed by atoms with van der Waals surface area (Å²) in [5, 5.41) is 2.91. The lowest BCUT2D eigenvalue weighted by Gasteiger charge is -2.22. The van der Waals surface area contributed by atoms with Crippen molar-refractivity contribution >= 4 is 11.9 Å². The van der Waals surface area contributed by atoms with E-state index in [9.17, 15) is 9.59 Å². The zero-order valence-corrected chi connectivity index (χ0v) is 14.5. The molecule has 1 aliphatic carbocycles. The molecule has 0 saturated carbocycles. The highest BCUT2D eigenvalue weighted by Crippen LogP contribution is 2.41. The van der Waals surface area contributed by atoms with Crippen LogP contribution in [0.5, 0.6) is 11.5 Å². The summed E-state index contributed by atoms with van der Waals surface area (Å²) < 4.78 is 10.8. The van der Waals surface area contributed by atoms with E-state index in [0.29, 0.717) is 12.2 Å². The first-order chi connectivity index (χ1) is 12.6. The van der Waals surface area contributed by atoms with Gasteiger partial charge >= 0.3 is 6.03 Å². The fourth-order valence-electron chi connectivity index (χ4n) is 3.72. The molecule has 1 unspecified atom stereocenters. The molecule has 0 aromatic heterocycles. The van der Waals surface area contributed by atoms with Crippen LogP contribution < -0.4 is 14.8 Å². The van der Waals surface area contributed by atoms with Crippen molar-refractivity contribution in [3.63, 3.8) is 0 Å². The third-order valence-electron chi connectivity index (χ3n) is 5.07. The second-order valence-corrected chi connectivity index (χ2v) is 6.47. The summed E-state index contributed by atoms with van der Waals surface area (Å²) in [7, 11) is 1.60. The van der Waals surface area contributed by atoms with Crippen LogP contribution in [0.4, 0.5) is 4.79 Å². The number of hydrogen-bond donors (Lipinski definition) is 1. The van der Waals surface area contributed by atoms with Crippen molar-refractivity contribution in [3.05, 3.63) is 59.7 Å². The van der Waals surface area contributed by atoms with Gasteiger partial charge in [-0.3, -0.25) is 9.69 Å². The minimum Gasteiger partial charge on any atom is -0.497 e. The van der Waals surface area contributed by atoms with Crippen molar-refractivity contribution < 1.29 is 19.1 Å². The Morgan fingerprint density at radius 1 is 1.08 bits per heavy atom. The zero-order valence-electron chi connectivity index (χ0n) is 14.5. The lowest BCUT2D eigenvalue weighted by molar-refractivity contribution is -0.131. The fraction of sp³-hybridized carbons (Fsp3) is 0.300. The molecular weight excluding hydrogens is 332 g/mol. The Bertz CT molecular complexity index is 849. The molecule has 26 heavy (non-hydrogen) atoms. The number of nitrogens with zero attached hydrogens (tertiary/aromatic N) is 1. The van der Waals surface area contributed by atoms with Crippen molar-refractivity contribution in [2.24, 2.45) is 0 Å². The first-order valence-electron chi connectivity index (χ1n) is 8.63. The van der Waals surface area contributed by atoms with Crippen LogP contribution in [0.25, 0.3) is 0 Å². The van der Waals surface area contributed by atoms with Crippen molar-refractivity contribution in [3.8, 4) is 11.5 Å². The van der Waals surface area contributed by atoms with E-state index in [1.807, 2.05) is 24.3 Å². The number of nitrogens with one attached hydrogen (secondary N) is 1. The van der Waals surface area contributed by atoms with E-state index in [1.165, 1.54) is 4.90 Å². The minimum absolute atomic E-state index is 0.189. The molecule has 2 aromatic rings. The van der Waals surface area contributed by atoms with E-state index in [2.05, 4.69) is 5.32 Å². The average Bonchev–Trinajstić information content (AvgIpc) is 3.15. The smallest absolute Gasteiger partial charge is 0.325 e. The number of aryl methyl sites for hydroxylation is 1. The van der Waals surface area contributed by atoms with E-state index in [1.54, 1.807) is 31.4 Å². The number of methoxy groups -OCH3 is 1. The number of ether oxygens (including phenoxy) is 2. The molecule has 1 atom stereocenters. The molecule has 1 saturated heterocycles. The summed E-state index contributed by atoms with van der Waals surface area (Å²) in [6, 6.07) is 14.6. The van der Waals surface area contributed by atoms with Crippen LogP contribution >= 0.6 is 0 Å². The molecule has 1 fully saturated rings. The molecule has 0 bridgehead atoms. The predicted octanol–water partition coefficient (Wildman–Crippen LogP) is 2.47. The number of amides is 3. The van der Waals surface area contributed by atoms with E-state index < -0.39 is 5.54 Å². The first-order valence-corrected chi connectivity index (χ1v) is 8.63. The van der Waals surface area contributed by atoms with Gasteiger partial charge in [0.1, 0.15) is 23.6 Å². The SMILES string of the molecule is COc1ccc(OCCN2C(=O)NC3(CCc4ccccc43)C2=O)cc1. The monoisotopic (exact) mass is 352 g/mol. The molecule has 6 heteroatoms. The fourth-order valence-corrected chi connectivity index (χ4v) is 3.72. The van der Waals surface area contributed by atoms with Crippen LogP contribution in [0.15, 0.2) is 48.5 Å². The molecular formula is C20H20N2O4. The first kappa shape index (κ1) is 16.4. The summed E-state index contributed by atoms with van der Waals surface area (Å²) in [5.74, 6) is 1.22. The number of rotatable bonds is 5. The molecule has 3 amide bonds. The maximum Gasteiger partial charge on any atom is 0.325 e. The van der Waals surface area contributed by atoms with Crippen LogP contribution in [0.2, 0.25) is 0 Å². The second kappa shape index (κ2) is 6.37. The Balaban J connectivity index is 1.43. The van der Waals surface area contributed by atoms with Crippen molar-refractivity contribution in [1.82, 2.24) is 10.2 Å². The molecule has 1 heterocycles. The van der Waals surface area contributed by atoms with Gasteiger partial charge in [-0.25, -0.2) is 4.79 Å². The Hall–Kier alpha value is -3.02. The van der Waals surface area contributed by atoms with Crippen LogP contribution in [0, 0.1) is 0 Å². The summed E-state index contributed by atoms with van der Waals surface area (Å²) in [4.78, 5) is 26.7. The molecule has 0 radical (unpaired) electrons. The molecule has 4 rings (SSSR count). The maximum absolute atomic E-state index is 13.0. The summed E-state index contributed by atoms with van der Waals surface area (Å²) >= 11 is 0. The van der Waals surface area contributed by atoms with Gasteiger partial charge in [-0.1, -0.05) is 24.3 Å². The number of urea groups is 1. The molecule has 1 aliphatic heterocycles. The Labute approximate surface area is 151 Å². The van der Waals surface area contributed by atoms with Gasteiger partial charge in [-0.15, -0.1) is 0 Å². The number of benzene rings is 2.